The van der Waals surface area contributed by atoms with Gasteiger partial charge in [-0.25, -0.2) is 0 Å². The summed E-state index contributed by atoms with van der Waals surface area (Å²) < 4.78 is 0. The van der Waals surface area contributed by atoms with Gasteiger partial charge in [0.25, 0.3) is 0 Å². The lowest BCUT2D eigenvalue weighted by Crippen LogP contribution is -2.28. The summed E-state index contributed by atoms with van der Waals surface area (Å²) in [5.74, 6) is 2.59. The van der Waals surface area contributed by atoms with Gasteiger partial charge in [-0.15, -0.1) is 18.9 Å². The summed E-state index contributed by atoms with van der Waals surface area (Å²) in [4.78, 5) is 2.13. The predicted octanol–water partition coefficient (Wildman–Crippen LogP) is 0.880. The summed E-state index contributed by atoms with van der Waals surface area (Å²) in [7, 11) is 0. The fourth-order valence-electron chi connectivity index (χ4n) is 1.02. The van der Waals surface area contributed by atoms with Gasteiger partial charge in [-0.3, -0.25) is 4.90 Å². The molecule has 0 amide bonds. The second kappa shape index (κ2) is 8.32. The Labute approximate surface area is 74.9 Å². The van der Waals surface area contributed by atoms with Crippen LogP contribution in [0.15, 0.2) is 12.7 Å². The Morgan fingerprint density at radius 1 is 1.50 bits per heavy atom. The van der Waals surface area contributed by atoms with Crippen LogP contribution in [0, 0.1) is 12.3 Å². The smallest absolute Gasteiger partial charge is 0.0558 e. The molecule has 0 rings (SSSR count). The van der Waals surface area contributed by atoms with E-state index < -0.39 is 0 Å². The number of aliphatic hydroxyl groups is 1. The SMILES string of the molecule is C#CCCCN(CC=C)CCO. The molecule has 0 atom stereocenters. The summed E-state index contributed by atoms with van der Waals surface area (Å²) in [6, 6.07) is 0. The molecular formula is C10H17NO. The van der Waals surface area contributed by atoms with Crippen LogP contribution in [0.3, 0.4) is 0 Å². The van der Waals surface area contributed by atoms with E-state index in [0.717, 1.165) is 25.9 Å². The molecule has 0 fully saturated rings. The molecule has 2 heteroatoms. The zero-order valence-electron chi connectivity index (χ0n) is 7.50. The first-order valence-electron chi connectivity index (χ1n) is 4.22. The lowest BCUT2D eigenvalue weighted by Gasteiger charge is -2.18. The van der Waals surface area contributed by atoms with Gasteiger partial charge in [-0.2, -0.15) is 0 Å². The zero-order valence-corrected chi connectivity index (χ0v) is 7.50. The molecule has 2 nitrogen and oxygen atoms in total. The Kier molecular flexibility index (Phi) is 7.78. The largest absolute Gasteiger partial charge is 0.395 e. The molecule has 0 aliphatic rings. The van der Waals surface area contributed by atoms with E-state index in [1.165, 1.54) is 0 Å². The number of nitrogens with zero attached hydrogens (tertiary/aromatic N) is 1. The molecule has 0 aromatic heterocycles. The molecule has 0 radical (unpaired) electrons. The molecule has 0 heterocycles. The summed E-state index contributed by atoms with van der Waals surface area (Å²) >= 11 is 0. The Morgan fingerprint density at radius 3 is 2.75 bits per heavy atom. The Hall–Kier alpha value is -0.780. The number of aliphatic hydroxyl groups excluding tert-OH is 1. The van der Waals surface area contributed by atoms with Crippen LogP contribution >= 0.6 is 0 Å². The second-order valence-electron chi connectivity index (χ2n) is 2.62. The van der Waals surface area contributed by atoms with Gasteiger partial charge in [-0.05, 0) is 13.0 Å². The molecule has 1 N–H and O–H groups in total. The summed E-state index contributed by atoms with van der Waals surface area (Å²) in [5, 5.41) is 8.70. The minimum absolute atomic E-state index is 0.198. The summed E-state index contributed by atoms with van der Waals surface area (Å²) in [5.41, 5.74) is 0. The van der Waals surface area contributed by atoms with Gasteiger partial charge in [0, 0.05) is 19.5 Å². The van der Waals surface area contributed by atoms with Crippen LogP contribution in [0.4, 0.5) is 0 Å². The van der Waals surface area contributed by atoms with Crippen LogP contribution in [-0.2, 0) is 0 Å². The summed E-state index contributed by atoms with van der Waals surface area (Å²) in [6.45, 7) is 6.32. The molecular weight excluding hydrogens is 150 g/mol. The molecule has 68 valence electrons. The van der Waals surface area contributed by atoms with E-state index >= 15 is 0 Å². The topological polar surface area (TPSA) is 23.5 Å². The van der Waals surface area contributed by atoms with Crippen LogP contribution in [0.5, 0.6) is 0 Å². The van der Waals surface area contributed by atoms with Crippen LogP contribution in [-0.4, -0.2) is 36.2 Å². The van der Waals surface area contributed by atoms with E-state index in [4.69, 9.17) is 11.5 Å². The van der Waals surface area contributed by atoms with Crippen molar-refractivity contribution >= 4 is 0 Å². The standard InChI is InChI=1S/C10H17NO/c1-3-5-6-8-11(7-4-2)9-10-12/h1,4,12H,2,5-10H2. The van der Waals surface area contributed by atoms with Crippen molar-refractivity contribution in [2.75, 3.05) is 26.2 Å². The molecule has 0 saturated carbocycles. The molecule has 0 aromatic rings. The van der Waals surface area contributed by atoms with Crippen molar-refractivity contribution in [1.82, 2.24) is 4.90 Å². The maximum absolute atomic E-state index is 8.70. The number of hydrogen-bond donors (Lipinski definition) is 1. The first kappa shape index (κ1) is 11.2. The van der Waals surface area contributed by atoms with Gasteiger partial charge in [0.1, 0.15) is 0 Å². The minimum atomic E-state index is 0.198. The lowest BCUT2D eigenvalue weighted by molar-refractivity contribution is 0.207. The fourth-order valence-corrected chi connectivity index (χ4v) is 1.02. The third kappa shape index (κ3) is 5.96. The third-order valence-electron chi connectivity index (χ3n) is 1.60. The maximum Gasteiger partial charge on any atom is 0.0558 e. The zero-order chi connectivity index (χ0) is 9.23. The van der Waals surface area contributed by atoms with Crippen molar-refractivity contribution in [2.45, 2.75) is 12.8 Å². The molecule has 0 unspecified atom stereocenters. The van der Waals surface area contributed by atoms with Gasteiger partial charge in [0.2, 0.25) is 0 Å². The number of terminal acetylenes is 1. The minimum Gasteiger partial charge on any atom is -0.395 e. The Morgan fingerprint density at radius 2 is 2.25 bits per heavy atom. The van der Waals surface area contributed by atoms with E-state index in [1.54, 1.807) is 0 Å². The molecule has 0 saturated heterocycles. The predicted molar refractivity (Wildman–Crippen MR) is 51.8 cm³/mol. The van der Waals surface area contributed by atoms with Crippen molar-refractivity contribution in [3.63, 3.8) is 0 Å². The fraction of sp³-hybridized carbons (Fsp3) is 0.600. The van der Waals surface area contributed by atoms with E-state index in [1.807, 2.05) is 6.08 Å². The summed E-state index contributed by atoms with van der Waals surface area (Å²) in [6.07, 6.45) is 8.76. The van der Waals surface area contributed by atoms with Gasteiger partial charge < -0.3 is 5.11 Å². The van der Waals surface area contributed by atoms with E-state index in [2.05, 4.69) is 17.4 Å². The monoisotopic (exact) mass is 167 g/mol. The highest BCUT2D eigenvalue weighted by Gasteiger charge is 1.99. The third-order valence-corrected chi connectivity index (χ3v) is 1.60. The molecule has 12 heavy (non-hydrogen) atoms. The van der Waals surface area contributed by atoms with Gasteiger partial charge in [-0.1, -0.05) is 6.08 Å². The van der Waals surface area contributed by atoms with Crippen molar-refractivity contribution in [3.05, 3.63) is 12.7 Å². The normalized spacial score (nSPS) is 9.75. The highest BCUT2D eigenvalue weighted by atomic mass is 16.3. The van der Waals surface area contributed by atoms with Gasteiger partial charge >= 0.3 is 0 Å². The first-order chi connectivity index (χ1) is 5.85. The van der Waals surface area contributed by atoms with Crippen molar-refractivity contribution in [1.29, 1.82) is 0 Å². The van der Waals surface area contributed by atoms with Crippen LogP contribution in [0.1, 0.15) is 12.8 Å². The van der Waals surface area contributed by atoms with Crippen molar-refractivity contribution < 1.29 is 5.11 Å². The Balaban J connectivity index is 3.48. The van der Waals surface area contributed by atoms with Crippen molar-refractivity contribution in [3.8, 4) is 12.3 Å². The second-order valence-corrected chi connectivity index (χ2v) is 2.62. The number of unbranched alkanes of at least 4 members (excludes halogenated alkanes) is 1. The van der Waals surface area contributed by atoms with E-state index in [9.17, 15) is 0 Å². The first-order valence-corrected chi connectivity index (χ1v) is 4.22. The quantitative estimate of drug-likeness (QED) is 0.346. The Bertz CT molecular complexity index is 148. The molecule has 0 aliphatic heterocycles. The number of rotatable bonds is 7. The average Bonchev–Trinajstić information content (AvgIpc) is 2.06. The van der Waals surface area contributed by atoms with Gasteiger partial charge in [0.05, 0.1) is 6.61 Å². The van der Waals surface area contributed by atoms with Crippen molar-refractivity contribution in [2.24, 2.45) is 0 Å². The average molecular weight is 167 g/mol. The maximum atomic E-state index is 8.70. The van der Waals surface area contributed by atoms with Crippen LogP contribution < -0.4 is 0 Å². The van der Waals surface area contributed by atoms with Crippen LogP contribution in [0.25, 0.3) is 0 Å². The molecule has 0 spiro atoms. The highest BCUT2D eigenvalue weighted by Crippen LogP contribution is 1.94. The van der Waals surface area contributed by atoms with E-state index in [0.29, 0.717) is 6.54 Å². The lowest BCUT2D eigenvalue weighted by atomic mass is 10.3. The number of hydrogen-bond acceptors (Lipinski definition) is 2. The van der Waals surface area contributed by atoms with Crippen LogP contribution in [0.2, 0.25) is 0 Å². The molecule has 0 aliphatic carbocycles. The molecule has 0 aromatic carbocycles. The molecule has 0 bridgehead atoms. The van der Waals surface area contributed by atoms with Gasteiger partial charge in [0.15, 0.2) is 0 Å². The highest BCUT2D eigenvalue weighted by molar-refractivity contribution is 4.84. The van der Waals surface area contributed by atoms with E-state index in [-0.39, 0.29) is 6.61 Å².